The molecule has 4 nitrogen and oxygen atoms in total. The van der Waals surface area contributed by atoms with Crippen LogP contribution in [0.15, 0.2) is 18.2 Å². The van der Waals surface area contributed by atoms with E-state index in [1.807, 2.05) is 39.2 Å². The van der Waals surface area contributed by atoms with E-state index >= 15 is 0 Å². The lowest BCUT2D eigenvalue weighted by Gasteiger charge is -2.21. The normalized spacial score (nSPS) is 17.7. The number of benzene rings is 1. The van der Waals surface area contributed by atoms with Crippen LogP contribution in [0.1, 0.15) is 33.9 Å². The van der Waals surface area contributed by atoms with Crippen LogP contribution in [0.2, 0.25) is 0 Å². The Morgan fingerprint density at radius 3 is 2.79 bits per heavy atom. The van der Waals surface area contributed by atoms with Crippen molar-refractivity contribution in [2.45, 2.75) is 19.4 Å². The lowest BCUT2D eigenvalue weighted by Crippen LogP contribution is -2.30. The Morgan fingerprint density at radius 1 is 1.42 bits per heavy atom. The van der Waals surface area contributed by atoms with Crippen LogP contribution in [0.5, 0.6) is 0 Å². The number of nitrogens with zero attached hydrogens (tertiary/aromatic N) is 3. The van der Waals surface area contributed by atoms with Gasteiger partial charge in [-0.1, -0.05) is 17.7 Å². The molecular formula is C15H19N3O. The van der Waals surface area contributed by atoms with E-state index in [1.165, 1.54) is 0 Å². The minimum atomic E-state index is -0.426. The number of amides is 1. The average molecular weight is 257 g/mol. The molecule has 0 spiro atoms. The first-order chi connectivity index (χ1) is 9.04. The van der Waals surface area contributed by atoms with E-state index in [9.17, 15) is 10.1 Å². The minimum Gasteiger partial charge on any atom is -0.318 e. The molecule has 0 N–H and O–H groups in total. The van der Waals surface area contributed by atoms with Crippen molar-refractivity contribution in [1.82, 2.24) is 9.80 Å². The Kier molecular flexibility index (Phi) is 3.87. The Hall–Kier alpha value is -1.86. The summed E-state index contributed by atoms with van der Waals surface area (Å²) in [5.74, 6) is -0.0136. The first kappa shape index (κ1) is 13.6. The molecule has 1 amide bonds. The number of fused-ring (bicyclic) bond motifs is 1. The molecule has 0 bridgehead atoms. The van der Waals surface area contributed by atoms with Gasteiger partial charge in [-0.05, 0) is 40.1 Å². The molecule has 0 saturated carbocycles. The summed E-state index contributed by atoms with van der Waals surface area (Å²) in [7, 11) is 4.01. The third-order valence-corrected chi connectivity index (χ3v) is 3.43. The quantitative estimate of drug-likeness (QED) is 0.828. The highest BCUT2D eigenvalue weighted by Gasteiger charge is 2.36. The molecule has 0 radical (unpaired) electrons. The fourth-order valence-corrected chi connectivity index (χ4v) is 2.47. The maximum atomic E-state index is 12.3. The summed E-state index contributed by atoms with van der Waals surface area (Å²) in [6.45, 7) is 3.52. The SMILES string of the molecule is Cc1ccc2c(c1)C(C#N)N(CCCN(C)C)C2=O. The Labute approximate surface area is 114 Å². The van der Waals surface area contributed by atoms with Gasteiger partial charge in [-0.3, -0.25) is 4.79 Å². The number of carbonyl (C=O) groups is 1. The molecule has 2 rings (SSSR count). The van der Waals surface area contributed by atoms with E-state index in [0.29, 0.717) is 12.1 Å². The molecule has 0 aliphatic carbocycles. The fraction of sp³-hybridized carbons (Fsp3) is 0.467. The molecule has 1 atom stereocenters. The molecule has 0 saturated heterocycles. The monoisotopic (exact) mass is 257 g/mol. The van der Waals surface area contributed by atoms with Crippen molar-refractivity contribution >= 4 is 5.91 Å². The van der Waals surface area contributed by atoms with Gasteiger partial charge in [-0.2, -0.15) is 5.26 Å². The molecule has 1 aromatic rings. The number of nitriles is 1. The van der Waals surface area contributed by atoms with Crippen molar-refractivity contribution in [2.24, 2.45) is 0 Å². The van der Waals surface area contributed by atoms with Crippen LogP contribution in [-0.2, 0) is 0 Å². The molecule has 19 heavy (non-hydrogen) atoms. The Morgan fingerprint density at radius 2 is 2.16 bits per heavy atom. The van der Waals surface area contributed by atoms with Crippen LogP contribution >= 0.6 is 0 Å². The summed E-state index contributed by atoms with van der Waals surface area (Å²) in [4.78, 5) is 16.1. The predicted molar refractivity (Wildman–Crippen MR) is 73.7 cm³/mol. The van der Waals surface area contributed by atoms with Gasteiger partial charge in [0.1, 0.15) is 6.04 Å². The van der Waals surface area contributed by atoms with Gasteiger partial charge < -0.3 is 9.80 Å². The molecular weight excluding hydrogens is 238 g/mol. The molecule has 1 aromatic carbocycles. The Balaban J connectivity index is 2.19. The second kappa shape index (κ2) is 5.41. The molecule has 1 aliphatic rings. The molecule has 0 aromatic heterocycles. The van der Waals surface area contributed by atoms with Crippen LogP contribution in [0.3, 0.4) is 0 Å². The molecule has 100 valence electrons. The topological polar surface area (TPSA) is 47.3 Å². The zero-order chi connectivity index (χ0) is 14.0. The standard InChI is InChI=1S/C15H19N3O/c1-11-5-6-12-13(9-11)14(10-16)18(15(12)19)8-4-7-17(2)3/h5-6,9,14H,4,7-8H2,1-3H3. The van der Waals surface area contributed by atoms with Gasteiger partial charge in [-0.25, -0.2) is 0 Å². The van der Waals surface area contributed by atoms with E-state index < -0.39 is 6.04 Å². The van der Waals surface area contributed by atoms with Gasteiger partial charge >= 0.3 is 0 Å². The number of aryl methyl sites for hydroxylation is 1. The first-order valence-corrected chi connectivity index (χ1v) is 6.50. The van der Waals surface area contributed by atoms with E-state index in [2.05, 4.69) is 11.0 Å². The van der Waals surface area contributed by atoms with Crippen LogP contribution in [-0.4, -0.2) is 42.9 Å². The van der Waals surface area contributed by atoms with Gasteiger partial charge in [0.2, 0.25) is 0 Å². The molecule has 1 aliphatic heterocycles. The first-order valence-electron chi connectivity index (χ1n) is 6.50. The summed E-state index contributed by atoms with van der Waals surface area (Å²) < 4.78 is 0. The molecule has 4 heteroatoms. The highest BCUT2D eigenvalue weighted by atomic mass is 16.2. The maximum absolute atomic E-state index is 12.3. The van der Waals surface area contributed by atoms with Crippen LogP contribution in [0.4, 0.5) is 0 Å². The van der Waals surface area contributed by atoms with E-state index in [-0.39, 0.29) is 5.91 Å². The van der Waals surface area contributed by atoms with E-state index in [1.54, 1.807) is 4.90 Å². The fourth-order valence-electron chi connectivity index (χ4n) is 2.47. The third-order valence-electron chi connectivity index (χ3n) is 3.43. The van der Waals surface area contributed by atoms with Crippen molar-refractivity contribution in [3.63, 3.8) is 0 Å². The van der Waals surface area contributed by atoms with Crippen molar-refractivity contribution in [3.05, 3.63) is 34.9 Å². The predicted octanol–water partition coefficient (Wildman–Crippen LogP) is 1.97. The third kappa shape index (κ3) is 2.61. The largest absolute Gasteiger partial charge is 0.318 e. The zero-order valence-corrected chi connectivity index (χ0v) is 11.7. The molecule has 1 heterocycles. The lowest BCUT2D eigenvalue weighted by molar-refractivity contribution is 0.0752. The van der Waals surface area contributed by atoms with Crippen molar-refractivity contribution in [3.8, 4) is 6.07 Å². The highest BCUT2D eigenvalue weighted by Crippen LogP contribution is 2.33. The van der Waals surface area contributed by atoms with Gasteiger partial charge in [0.05, 0.1) is 6.07 Å². The second-order valence-corrected chi connectivity index (χ2v) is 5.28. The summed E-state index contributed by atoms with van der Waals surface area (Å²) >= 11 is 0. The molecule has 0 fully saturated rings. The second-order valence-electron chi connectivity index (χ2n) is 5.28. The van der Waals surface area contributed by atoms with Gasteiger partial charge in [0, 0.05) is 17.7 Å². The molecule has 1 unspecified atom stereocenters. The van der Waals surface area contributed by atoms with Crippen LogP contribution in [0.25, 0.3) is 0 Å². The van der Waals surface area contributed by atoms with Crippen LogP contribution in [0, 0.1) is 18.3 Å². The summed E-state index contributed by atoms with van der Waals surface area (Å²) in [5, 5.41) is 9.35. The minimum absolute atomic E-state index is 0.0136. The number of hydrogen-bond donors (Lipinski definition) is 0. The summed E-state index contributed by atoms with van der Waals surface area (Å²) in [5.41, 5.74) is 2.63. The number of carbonyl (C=O) groups excluding carboxylic acids is 1. The smallest absolute Gasteiger partial charge is 0.255 e. The average Bonchev–Trinajstić information content (AvgIpc) is 2.61. The highest BCUT2D eigenvalue weighted by molar-refractivity contribution is 5.99. The van der Waals surface area contributed by atoms with Crippen LogP contribution < -0.4 is 0 Å². The van der Waals surface area contributed by atoms with Gasteiger partial charge in [0.25, 0.3) is 5.91 Å². The summed E-state index contributed by atoms with van der Waals surface area (Å²) in [6.07, 6.45) is 0.879. The van der Waals surface area contributed by atoms with Gasteiger partial charge in [-0.15, -0.1) is 0 Å². The van der Waals surface area contributed by atoms with Crippen molar-refractivity contribution < 1.29 is 4.79 Å². The Bertz CT molecular complexity index is 531. The van der Waals surface area contributed by atoms with Gasteiger partial charge in [0.15, 0.2) is 0 Å². The zero-order valence-electron chi connectivity index (χ0n) is 11.7. The summed E-state index contributed by atoms with van der Waals surface area (Å²) in [6, 6.07) is 7.54. The van der Waals surface area contributed by atoms with Crippen molar-refractivity contribution in [1.29, 1.82) is 5.26 Å². The van der Waals surface area contributed by atoms with E-state index in [4.69, 9.17) is 0 Å². The lowest BCUT2D eigenvalue weighted by atomic mass is 10.0. The maximum Gasteiger partial charge on any atom is 0.255 e. The number of hydrogen-bond acceptors (Lipinski definition) is 3. The van der Waals surface area contributed by atoms with Crippen molar-refractivity contribution in [2.75, 3.05) is 27.2 Å². The van der Waals surface area contributed by atoms with E-state index in [0.717, 1.165) is 24.1 Å². The number of rotatable bonds is 4.